The van der Waals surface area contributed by atoms with Gasteiger partial charge in [-0.1, -0.05) is 6.07 Å². The molecule has 0 saturated carbocycles. The van der Waals surface area contributed by atoms with Gasteiger partial charge in [0, 0.05) is 6.54 Å². The van der Waals surface area contributed by atoms with E-state index >= 15 is 0 Å². The van der Waals surface area contributed by atoms with Gasteiger partial charge in [0.1, 0.15) is 5.69 Å². The Hall–Kier alpha value is -1.99. The molecule has 17 heavy (non-hydrogen) atoms. The summed E-state index contributed by atoms with van der Waals surface area (Å²) in [4.78, 5) is 27.8. The number of carbonyl (C=O) groups excluding carboxylic acids is 2. The highest BCUT2D eigenvalue weighted by atomic mass is 16.2. The van der Waals surface area contributed by atoms with Crippen LogP contribution < -0.4 is 17.0 Å². The number of nitrogens with zero attached hydrogens (tertiary/aromatic N) is 2. The molecule has 0 aliphatic rings. The first kappa shape index (κ1) is 13.1. The van der Waals surface area contributed by atoms with Crippen molar-refractivity contribution in [3.63, 3.8) is 0 Å². The highest BCUT2D eigenvalue weighted by molar-refractivity contribution is 5.91. The minimum absolute atomic E-state index is 0.134. The van der Waals surface area contributed by atoms with Crippen LogP contribution in [0.25, 0.3) is 0 Å². The number of pyridine rings is 1. The van der Waals surface area contributed by atoms with Crippen LogP contribution in [0.3, 0.4) is 0 Å². The lowest BCUT2D eigenvalue weighted by molar-refractivity contribution is -0.118. The number of rotatable bonds is 5. The van der Waals surface area contributed by atoms with Gasteiger partial charge in [0.2, 0.25) is 5.91 Å². The summed E-state index contributed by atoms with van der Waals surface area (Å²) >= 11 is 0. The Morgan fingerprint density at radius 2 is 2.18 bits per heavy atom. The normalized spacial score (nSPS) is 10.3. The summed E-state index contributed by atoms with van der Waals surface area (Å²) in [5.41, 5.74) is 7.97. The lowest BCUT2D eigenvalue weighted by Crippen LogP contribution is -2.32. The molecule has 7 heteroatoms. The molecule has 5 N–H and O–H groups in total. The number of carbonyl (C=O) groups is 2. The molecule has 1 heterocycles. The number of primary amides is 1. The Labute approximate surface area is 98.8 Å². The fourth-order valence-corrected chi connectivity index (χ4v) is 1.37. The Morgan fingerprint density at radius 3 is 2.76 bits per heavy atom. The second-order valence-corrected chi connectivity index (χ2v) is 3.63. The highest BCUT2D eigenvalue weighted by Crippen LogP contribution is 2.02. The van der Waals surface area contributed by atoms with E-state index < -0.39 is 11.8 Å². The molecule has 0 spiro atoms. The Morgan fingerprint density at radius 1 is 1.47 bits per heavy atom. The minimum Gasteiger partial charge on any atom is -0.369 e. The number of aromatic nitrogens is 1. The molecule has 0 atom stereocenters. The molecule has 2 amide bonds. The number of likely N-dealkylation sites (N-methyl/N-ethyl adjacent to an activating group) is 1. The third-order valence-corrected chi connectivity index (χ3v) is 2.03. The molecule has 1 aromatic rings. The van der Waals surface area contributed by atoms with E-state index in [1.165, 1.54) is 0 Å². The van der Waals surface area contributed by atoms with Crippen LogP contribution in [0.5, 0.6) is 0 Å². The van der Waals surface area contributed by atoms with Gasteiger partial charge in [0.25, 0.3) is 5.91 Å². The lowest BCUT2D eigenvalue weighted by atomic mass is 10.3. The Balaban J connectivity index is 2.72. The van der Waals surface area contributed by atoms with Gasteiger partial charge in [-0.15, -0.1) is 0 Å². The first-order valence-corrected chi connectivity index (χ1v) is 4.96. The van der Waals surface area contributed by atoms with Crippen molar-refractivity contribution in [1.29, 1.82) is 0 Å². The quantitative estimate of drug-likeness (QED) is 0.331. The molecule has 7 nitrogen and oxygen atoms in total. The average Bonchev–Trinajstić information content (AvgIpc) is 2.27. The number of nitrogen functional groups attached to an aromatic ring is 1. The molecule has 1 aromatic heterocycles. The van der Waals surface area contributed by atoms with Crippen LogP contribution >= 0.6 is 0 Å². The first-order chi connectivity index (χ1) is 8.02. The van der Waals surface area contributed by atoms with Gasteiger partial charge in [-0.2, -0.15) is 0 Å². The van der Waals surface area contributed by atoms with E-state index in [9.17, 15) is 9.59 Å². The van der Waals surface area contributed by atoms with Crippen molar-refractivity contribution in [3.8, 4) is 0 Å². The third-order valence-electron chi connectivity index (χ3n) is 2.03. The van der Waals surface area contributed by atoms with Crippen LogP contribution in [0.1, 0.15) is 16.2 Å². The van der Waals surface area contributed by atoms with Gasteiger partial charge in [-0.05, 0) is 19.2 Å². The van der Waals surface area contributed by atoms with Crippen molar-refractivity contribution in [2.45, 2.75) is 6.54 Å². The van der Waals surface area contributed by atoms with Crippen LogP contribution in [-0.4, -0.2) is 35.3 Å². The van der Waals surface area contributed by atoms with Crippen LogP contribution in [0.15, 0.2) is 18.2 Å². The number of hydrogen-bond donors (Lipinski definition) is 3. The van der Waals surface area contributed by atoms with Crippen molar-refractivity contribution >= 4 is 11.8 Å². The standard InChI is InChI=1S/C10H15N5O2/c1-15(6-9(11)16)5-7-3-2-4-8(13-7)10(17)14-12/h2-4H,5-6,12H2,1H3,(H2,11,16)(H,14,17). The molecule has 0 fully saturated rings. The topological polar surface area (TPSA) is 114 Å². The van der Waals surface area contributed by atoms with Crippen molar-refractivity contribution in [1.82, 2.24) is 15.3 Å². The minimum atomic E-state index is -0.454. The number of hydrogen-bond acceptors (Lipinski definition) is 5. The molecule has 0 aliphatic carbocycles. The van der Waals surface area contributed by atoms with Crippen LogP contribution in [0.4, 0.5) is 0 Å². The summed E-state index contributed by atoms with van der Waals surface area (Å²) in [5.74, 6) is 4.14. The summed E-state index contributed by atoms with van der Waals surface area (Å²) in [6, 6.07) is 5.01. The number of nitrogens with two attached hydrogens (primary N) is 2. The zero-order valence-electron chi connectivity index (χ0n) is 9.51. The summed E-state index contributed by atoms with van der Waals surface area (Å²) in [7, 11) is 1.74. The zero-order valence-corrected chi connectivity index (χ0v) is 9.51. The molecule has 0 radical (unpaired) electrons. The van der Waals surface area contributed by atoms with Crippen LogP contribution in [-0.2, 0) is 11.3 Å². The maximum Gasteiger partial charge on any atom is 0.283 e. The second kappa shape index (κ2) is 5.92. The van der Waals surface area contributed by atoms with E-state index in [1.807, 2.05) is 5.43 Å². The molecule has 92 valence electrons. The fraction of sp³-hybridized carbons (Fsp3) is 0.300. The summed E-state index contributed by atoms with van der Waals surface area (Å²) in [6.45, 7) is 0.559. The lowest BCUT2D eigenvalue weighted by Gasteiger charge is -2.13. The van der Waals surface area contributed by atoms with Gasteiger partial charge < -0.3 is 5.73 Å². The molecule has 0 unspecified atom stereocenters. The van der Waals surface area contributed by atoms with Crippen LogP contribution in [0.2, 0.25) is 0 Å². The van der Waals surface area contributed by atoms with Crippen LogP contribution in [0, 0.1) is 0 Å². The summed E-state index contributed by atoms with van der Waals surface area (Å²) < 4.78 is 0. The van der Waals surface area contributed by atoms with E-state index in [1.54, 1.807) is 30.1 Å². The predicted octanol–water partition coefficient (Wildman–Crippen LogP) is -1.40. The average molecular weight is 237 g/mol. The van der Waals surface area contributed by atoms with E-state index in [2.05, 4.69) is 4.98 Å². The molecule has 0 saturated heterocycles. The third kappa shape index (κ3) is 4.17. The molecule has 0 bridgehead atoms. The molecular weight excluding hydrogens is 222 g/mol. The SMILES string of the molecule is CN(CC(N)=O)Cc1cccc(C(=O)NN)n1. The molecule has 1 rings (SSSR count). The number of hydrazine groups is 1. The summed E-state index contributed by atoms with van der Waals surface area (Å²) in [6.07, 6.45) is 0. The largest absolute Gasteiger partial charge is 0.369 e. The Bertz CT molecular complexity index is 421. The van der Waals surface area contributed by atoms with E-state index in [-0.39, 0.29) is 12.2 Å². The van der Waals surface area contributed by atoms with E-state index in [4.69, 9.17) is 11.6 Å². The molecular formula is C10H15N5O2. The predicted molar refractivity (Wildman–Crippen MR) is 61.4 cm³/mol. The highest BCUT2D eigenvalue weighted by Gasteiger charge is 2.08. The van der Waals surface area contributed by atoms with Gasteiger partial charge in [0.15, 0.2) is 0 Å². The van der Waals surface area contributed by atoms with E-state index in [0.29, 0.717) is 12.2 Å². The van der Waals surface area contributed by atoms with Gasteiger partial charge in [0.05, 0.1) is 12.2 Å². The number of nitrogens with one attached hydrogen (secondary N) is 1. The first-order valence-electron chi connectivity index (χ1n) is 4.96. The second-order valence-electron chi connectivity index (χ2n) is 3.63. The van der Waals surface area contributed by atoms with Gasteiger partial charge in [-0.3, -0.25) is 19.9 Å². The van der Waals surface area contributed by atoms with Crippen molar-refractivity contribution in [2.24, 2.45) is 11.6 Å². The van der Waals surface area contributed by atoms with E-state index in [0.717, 1.165) is 0 Å². The fourth-order valence-electron chi connectivity index (χ4n) is 1.37. The summed E-state index contributed by atoms with van der Waals surface area (Å²) in [5, 5.41) is 0. The van der Waals surface area contributed by atoms with Crippen molar-refractivity contribution in [2.75, 3.05) is 13.6 Å². The monoisotopic (exact) mass is 237 g/mol. The smallest absolute Gasteiger partial charge is 0.283 e. The van der Waals surface area contributed by atoms with Gasteiger partial charge in [-0.25, -0.2) is 10.8 Å². The maximum absolute atomic E-state index is 11.2. The number of amides is 2. The molecule has 0 aliphatic heterocycles. The molecule has 0 aromatic carbocycles. The van der Waals surface area contributed by atoms with Crippen molar-refractivity contribution < 1.29 is 9.59 Å². The van der Waals surface area contributed by atoms with Gasteiger partial charge >= 0.3 is 0 Å². The van der Waals surface area contributed by atoms with Crippen molar-refractivity contribution in [3.05, 3.63) is 29.6 Å². The maximum atomic E-state index is 11.2. The zero-order chi connectivity index (χ0) is 12.8. The Kier molecular flexibility index (Phi) is 4.56.